The number of benzene rings is 3. The molecule has 0 aromatic heterocycles. The normalized spacial score (nSPS) is 15.0. The topological polar surface area (TPSA) is 71.3 Å². The van der Waals surface area contributed by atoms with Crippen LogP contribution in [0.4, 0.5) is 0 Å². The molecule has 6 heteroatoms. The van der Waals surface area contributed by atoms with E-state index in [0.717, 1.165) is 21.7 Å². The number of hydrogen-bond acceptors (Lipinski definition) is 6. The molecule has 1 aliphatic rings. The Labute approximate surface area is 222 Å². The van der Waals surface area contributed by atoms with Gasteiger partial charge in [-0.2, -0.15) is 5.26 Å². The van der Waals surface area contributed by atoms with E-state index in [1.165, 1.54) is 6.08 Å². The van der Waals surface area contributed by atoms with Crippen LogP contribution in [0.25, 0.3) is 0 Å². The van der Waals surface area contributed by atoms with Crippen molar-refractivity contribution in [3.05, 3.63) is 136 Å². The molecule has 1 unspecified atom stereocenters. The highest BCUT2D eigenvalue weighted by atomic mass is 32.2. The third-order valence-corrected chi connectivity index (χ3v) is 6.98. The Bertz CT molecular complexity index is 1340. The summed E-state index contributed by atoms with van der Waals surface area (Å²) >= 11 is 1.54. The van der Waals surface area contributed by atoms with Crippen molar-refractivity contribution in [1.82, 2.24) is 5.32 Å². The van der Waals surface area contributed by atoms with E-state index >= 15 is 0 Å². The monoisotopic (exact) mass is 508 g/mol. The fourth-order valence-electron chi connectivity index (χ4n) is 4.07. The van der Waals surface area contributed by atoms with Crippen molar-refractivity contribution >= 4 is 17.7 Å². The molecule has 1 N–H and O–H groups in total. The predicted molar refractivity (Wildman–Crippen MR) is 147 cm³/mol. The zero-order valence-electron chi connectivity index (χ0n) is 20.6. The van der Waals surface area contributed by atoms with Crippen LogP contribution in [-0.2, 0) is 21.9 Å². The molecule has 0 saturated heterocycles. The van der Waals surface area contributed by atoms with Crippen molar-refractivity contribution in [2.75, 3.05) is 6.61 Å². The summed E-state index contributed by atoms with van der Waals surface area (Å²) in [7, 11) is 0. The molecule has 3 aromatic carbocycles. The van der Waals surface area contributed by atoms with Gasteiger partial charge >= 0.3 is 5.97 Å². The van der Waals surface area contributed by atoms with E-state index in [1.54, 1.807) is 11.8 Å². The highest BCUT2D eigenvalue weighted by Gasteiger charge is 2.35. The summed E-state index contributed by atoms with van der Waals surface area (Å²) in [5.41, 5.74) is 4.60. The highest BCUT2D eigenvalue weighted by molar-refractivity contribution is 8.02. The van der Waals surface area contributed by atoms with Crippen LogP contribution in [0.2, 0.25) is 0 Å². The molecular formula is C31H28N2O3S. The first-order valence-electron chi connectivity index (χ1n) is 11.9. The van der Waals surface area contributed by atoms with Crippen LogP contribution in [0.5, 0.6) is 5.75 Å². The number of nitrogens with one attached hydrogen (secondary N) is 1. The van der Waals surface area contributed by atoms with Crippen LogP contribution in [0.1, 0.15) is 29.5 Å². The maximum Gasteiger partial charge on any atom is 0.337 e. The number of esters is 1. The van der Waals surface area contributed by atoms with Gasteiger partial charge in [-0.15, -0.1) is 11.8 Å². The Balaban J connectivity index is 1.63. The summed E-state index contributed by atoms with van der Waals surface area (Å²) < 4.78 is 11.3. The molecule has 0 saturated carbocycles. The molecular weight excluding hydrogens is 480 g/mol. The third-order valence-electron chi connectivity index (χ3n) is 5.89. The molecule has 1 atom stereocenters. The summed E-state index contributed by atoms with van der Waals surface area (Å²) in [6.45, 7) is 6.02. The van der Waals surface area contributed by atoms with Gasteiger partial charge in [0.15, 0.2) is 0 Å². The average Bonchev–Trinajstić information content (AvgIpc) is 2.94. The van der Waals surface area contributed by atoms with E-state index in [-0.39, 0.29) is 6.61 Å². The van der Waals surface area contributed by atoms with E-state index in [0.29, 0.717) is 35.0 Å². The average molecular weight is 509 g/mol. The molecule has 0 spiro atoms. The summed E-state index contributed by atoms with van der Waals surface area (Å²) in [5, 5.41) is 14.3. The van der Waals surface area contributed by atoms with E-state index in [2.05, 4.69) is 30.1 Å². The number of dihydropyridines is 1. The number of nitriles is 1. The Morgan fingerprint density at radius 1 is 1.03 bits per heavy atom. The predicted octanol–water partition coefficient (Wildman–Crippen LogP) is 6.62. The van der Waals surface area contributed by atoms with Gasteiger partial charge in [-0.05, 0) is 35.7 Å². The third kappa shape index (κ3) is 6.52. The van der Waals surface area contributed by atoms with Gasteiger partial charge < -0.3 is 14.8 Å². The number of thioether (sulfide) groups is 1. The molecule has 3 aromatic rings. The Hall–Kier alpha value is -4.21. The van der Waals surface area contributed by atoms with Gasteiger partial charge in [0.2, 0.25) is 0 Å². The maximum atomic E-state index is 13.1. The maximum absolute atomic E-state index is 13.1. The number of carbonyl (C=O) groups is 1. The zero-order valence-corrected chi connectivity index (χ0v) is 21.5. The van der Waals surface area contributed by atoms with Gasteiger partial charge in [-0.25, -0.2) is 4.79 Å². The standard InChI is InChI=1S/C31H28N2O3S/c1-3-18-35-31(34)28-22(2)33-30(37-21-24-12-8-5-9-13-24)27(19-32)29(28)25-14-16-26(17-15-25)36-20-23-10-6-4-7-11-23/h3-17,29,33H,1,18,20-21H2,2H3. The van der Waals surface area contributed by atoms with Gasteiger partial charge in [0.25, 0.3) is 0 Å². The molecule has 37 heavy (non-hydrogen) atoms. The van der Waals surface area contributed by atoms with Crippen LogP contribution < -0.4 is 10.1 Å². The van der Waals surface area contributed by atoms with Crippen LogP contribution >= 0.6 is 11.8 Å². The summed E-state index contributed by atoms with van der Waals surface area (Å²) in [4.78, 5) is 13.1. The largest absolute Gasteiger partial charge is 0.489 e. The van der Waals surface area contributed by atoms with Gasteiger partial charge in [-0.1, -0.05) is 85.5 Å². The van der Waals surface area contributed by atoms with Crippen molar-refractivity contribution in [1.29, 1.82) is 5.26 Å². The molecule has 1 heterocycles. The lowest BCUT2D eigenvalue weighted by molar-refractivity contribution is -0.138. The first-order chi connectivity index (χ1) is 18.1. The van der Waals surface area contributed by atoms with Crippen LogP contribution in [0.15, 0.2) is 119 Å². The SMILES string of the molecule is C=CCOC(=O)C1=C(C)NC(SCc2ccccc2)=C(C#N)C1c1ccc(OCc2ccccc2)cc1. The van der Waals surface area contributed by atoms with Gasteiger partial charge in [0.1, 0.15) is 19.0 Å². The minimum absolute atomic E-state index is 0.0931. The lowest BCUT2D eigenvalue weighted by atomic mass is 9.82. The number of nitrogens with zero attached hydrogens (tertiary/aromatic N) is 1. The molecule has 0 fully saturated rings. The molecule has 5 nitrogen and oxygen atoms in total. The van der Waals surface area contributed by atoms with Crippen molar-refractivity contribution in [2.45, 2.75) is 25.2 Å². The molecule has 1 aliphatic heterocycles. The molecule has 0 radical (unpaired) electrons. The van der Waals surface area contributed by atoms with Crippen LogP contribution in [0, 0.1) is 11.3 Å². The smallest absolute Gasteiger partial charge is 0.337 e. The second-order valence-electron chi connectivity index (χ2n) is 8.46. The van der Waals surface area contributed by atoms with Gasteiger partial charge in [-0.3, -0.25) is 0 Å². The van der Waals surface area contributed by atoms with Gasteiger partial charge in [0.05, 0.1) is 28.2 Å². The Morgan fingerprint density at radius 3 is 2.30 bits per heavy atom. The number of rotatable bonds is 10. The lowest BCUT2D eigenvalue weighted by Gasteiger charge is -2.29. The Kier molecular flexibility index (Phi) is 8.85. The second-order valence-corrected chi connectivity index (χ2v) is 9.44. The summed E-state index contributed by atoms with van der Waals surface area (Å²) in [6, 6.07) is 29.9. The quantitative estimate of drug-likeness (QED) is 0.245. The van der Waals surface area contributed by atoms with E-state index < -0.39 is 11.9 Å². The molecule has 0 aliphatic carbocycles. The first-order valence-corrected chi connectivity index (χ1v) is 12.9. The first kappa shape index (κ1) is 25.9. The highest BCUT2D eigenvalue weighted by Crippen LogP contribution is 2.42. The van der Waals surface area contributed by atoms with E-state index in [4.69, 9.17) is 9.47 Å². The van der Waals surface area contributed by atoms with E-state index in [1.807, 2.05) is 79.7 Å². The second kappa shape index (κ2) is 12.7. The van der Waals surface area contributed by atoms with Crippen molar-refractivity contribution in [3.63, 3.8) is 0 Å². The van der Waals surface area contributed by atoms with Crippen LogP contribution in [0.3, 0.4) is 0 Å². The molecule has 0 bridgehead atoms. The molecule has 0 amide bonds. The minimum atomic E-state index is -0.565. The van der Waals surface area contributed by atoms with Crippen molar-refractivity contribution in [2.24, 2.45) is 0 Å². The van der Waals surface area contributed by atoms with Crippen LogP contribution in [-0.4, -0.2) is 12.6 Å². The zero-order chi connectivity index (χ0) is 26.0. The number of hydrogen-bond donors (Lipinski definition) is 1. The fraction of sp³-hybridized carbons (Fsp3) is 0.161. The fourth-order valence-corrected chi connectivity index (χ4v) is 5.12. The molecule has 186 valence electrons. The number of ether oxygens (including phenoxy) is 2. The summed E-state index contributed by atoms with van der Waals surface area (Å²) in [6.07, 6.45) is 1.53. The minimum Gasteiger partial charge on any atom is -0.489 e. The van der Waals surface area contributed by atoms with Crippen molar-refractivity contribution < 1.29 is 14.3 Å². The van der Waals surface area contributed by atoms with E-state index in [9.17, 15) is 10.1 Å². The van der Waals surface area contributed by atoms with Gasteiger partial charge in [0, 0.05) is 11.4 Å². The number of allylic oxidation sites excluding steroid dienone is 2. The number of carbonyl (C=O) groups excluding carboxylic acids is 1. The van der Waals surface area contributed by atoms with Crippen molar-refractivity contribution in [3.8, 4) is 11.8 Å². The summed E-state index contributed by atoms with van der Waals surface area (Å²) in [5.74, 6) is 0.361. The lowest BCUT2D eigenvalue weighted by Crippen LogP contribution is -2.29. The Morgan fingerprint density at radius 2 is 1.68 bits per heavy atom. The molecule has 4 rings (SSSR count).